The van der Waals surface area contributed by atoms with Crippen LogP contribution < -0.4 is 0 Å². The van der Waals surface area contributed by atoms with Crippen LogP contribution in [-0.2, 0) is 0 Å². The van der Waals surface area contributed by atoms with Gasteiger partial charge in [0.25, 0.3) is 0 Å². The molecule has 8 aromatic rings. The monoisotopic (exact) mass is 523 g/mol. The highest BCUT2D eigenvalue weighted by Crippen LogP contribution is 2.43. The molecule has 0 radical (unpaired) electrons. The maximum Gasteiger partial charge on any atom is 0.124 e. The first-order chi connectivity index (χ1) is 23.5. The second kappa shape index (κ2) is 8.90. The average Bonchev–Trinajstić information content (AvgIpc) is 3.54. The predicted octanol–water partition coefficient (Wildman–Crippen LogP) is 10.8. The number of nitrogens with zero attached hydrogens (tertiary/aromatic N) is 1. The van der Waals surface area contributed by atoms with Crippen LogP contribution in [-0.4, -0.2) is 4.98 Å². The van der Waals surface area contributed by atoms with E-state index in [0.29, 0.717) is 11.1 Å². The lowest BCUT2D eigenvalue weighted by atomic mass is 9.90. The zero-order valence-corrected chi connectivity index (χ0v) is 21.2. The van der Waals surface area contributed by atoms with Gasteiger partial charge in [-0.05, 0) is 73.5 Å². The van der Waals surface area contributed by atoms with Crippen LogP contribution in [0.25, 0.3) is 75.4 Å². The van der Waals surface area contributed by atoms with E-state index in [1.165, 1.54) is 11.3 Å². The number of benzene rings is 7. The van der Waals surface area contributed by atoms with E-state index in [4.69, 9.17) is 18.7 Å². The first kappa shape index (κ1) is 14.4. The van der Waals surface area contributed by atoms with E-state index in [0.717, 1.165) is 48.1 Å². The molecule has 0 unspecified atom stereocenters. The van der Waals surface area contributed by atoms with Crippen molar-refractivity contribution in [2.75, 3.05) is 0 Å². The normalized spacial score (nSPS) is 15.2. The molecule has 2 heteroatoms. The Morgan fingerprint density at radius 1 is 0.538 bits per heavy atom. The Hall–Kier alpha value is -4.79. The molecule has 182 valence electrons. The highest BCUT2D eigenvalue weighted by atomic mass is 32.1. The van der Waals surface area contributed by atoms with Crippen LogP contribution >= 0.6 is 11.3 Å². The van der Waals surface area contributed by atoms with Gasteiger partial charge in [0.2, 0.25) is 0 Å². The molecule has 0 spiro atoms. The molecule has 0 aliphatic carbocycles. The molecule has 39 heavy (non-hydrogen) atoms. The summed E-state index contributed by atoms with van der Waals surface area (Å²) in [4.78, 5) is 4.75. The van der Waals surface area contributed by atoms with Gasteiger partial charge in [-0.15, -0.1) is 11.3 Å². The maximum absolute atomic E-state index is 8.66. The van der Waals surface area contributed by atoms with E-state index in [1.807, 2.05) is 36.4 Å². The van der Waals surface area contributed by atoms with E-state index in [2.05, 4.69) is 36.4 Å². The Bertz CT molecular complexity index is 2680. The van der Waals surface area contributed by atoms with E-state index in [9.17, 15) is 0 Å². The summed E-state index contributed by atoms with van der Waals surface area (Å²) in [6, 6.07) is 21.9. The number of aromatic nitrogens is 1. The van der Waals surface area contributed by atoms with E-state index in [1.54, 1.807) is 6.07 Å². The molecule has 0 fully saturated rings. The van der Waals surface area contributed by atoms with Gasteiger partial charge in [0.05, 0.1) is 23.9 Å². The number of hydrogen-bond donors (Lipinski definition) is 0. The van der Waals surface area contributed by atoms with Crippen molar-refractivity contribution in [1.29, 1.82) is 0 Å². The fourth-order valence-corrected chi connectivity index (χ4v) is 6.32. The molecule has 0 aliphatic rings. The number of thiazole rings is 1. The van der Waals surface area contributed by atoms with Crippen LogP contribution in [0.15, 0.2) is 139 Å². The smallest absolute Gasteiger partial charge is 0.124 e. The van der Waals surface area contributed by atoms with Gasteiger partial charge >= 0.3 is 0 Å². The summed E-state index contributed by atoms with van der Waals surface area (Å²) < 4.78 is 84.2. The van der Waals surface area contributed by atoms with Gasteiger partial charge in [-0.3, -0.25) is 0 Å². The van der Waals surface area contributed by atoms with Gasteiger partial charge in [0.15, 0.2) is 0 Å². The molecular formula is C37H23NS. The summed E-state index contributed by atoms with van der Waals surface area (Å²) in [7, 11) is 0. The van der Waals surface area contributed by atoms with Crippen molar-refractivity contribution in [1.82, 2.24) is 4.98 Å². The molecule has 0 saturated carbocycles. The molecule has 0 bridgehead atoms. The molecule has 0 atom stereocenters. The Balaban J connectivity index is 1.48. The fourth-order valence-electron chi connectivity index (χ4n) is 5.23. The first-order valence-electron chi connectivity index (χ1n) is 17.4. The van der Waals surface area contributed by atoms with Gasteiger partial charge in [0, 0.05) is 10.9 Å². The standard InChI is InChI=1S/C37H23NS/c1-3-9-24(10-4-1)28-17-19-31-32(29-16-15-25-11-7-8-14-27(25)21-29)23-30-18-20-34-36(35(30)33(31)22-28)39-37(38-34)26-12-5-2-6-13-26/h1-23H/i1D,2D,3D,4D,5D,6D,9D,10D,12D,13D. The first-order valence-corrected chi connectivity index (χ1v) is 13.2. The average molecular weight is 524 g/mol. The Kier molecular flexibility index (Phi) is 3.28. The third-order valence-corrected chi connectivity index (χ3v) is 8.14. The summed E-state index contributed by atoms with van der Waals surface area (Å²) in [5.41, 5.74) is 3.06. The van der Waals surface area contributed by atoms with Crippen molar-refractivity contribution in [3.63, 3.8) is 0 Å². The van der Waals surface area contributed by atoms with Crippen molar-refractivity contribution < 1.29 is 13.7 Å². The minimum absolute atomic E-state index is 0.0252. The van der Waals surface area contributed by atoms with Gasteiger partial charge in [-0.25, -0.2) is 4.98 Å². The minimum atomic E-state index is -0.474. The molecule has 0 saturated heterocycles. The summed E-state index contributed by atoms with van der Waals surface area (Å²) in [5.74, 6) is 0. The molecule has 1 aromatic heterocycles. The third-order valence-electron chi connectivity index (χ3n) is 7.03. The van der Waals surface area contributed by atoms with Crippen LogP contribution in [0.1, 0.15) is 13.7 Å². The Morgan fingerprint density at radius 2 is 1.26 bits per heavy atom. The topological polar surface area (TPSA) is 12.9 Å². The van der Waals surface area contributed by atoms with Crippen molar-refractivity contribution >= 4 is 53.9 Å². The minimum Gasteiger partial charge on any atom is -0.236 e. The second-order valence-corrected chi connectivity index (χ2v) is 10.3. The third kappa shape index (κ3) is 3.72. The van der Waals surface area contributed by atoms with Gasteiger partial charge in [-0.2, -0.15) is 0 Å². The second-order valence-electron chi connectivity index (χ2n) is 9.28. The predicted molar refractivity (Wildman–Crippen MR) is 168 cm³/mol. The van der Waals surface area contributed by atoms with Crippen LogP contribution in [0.2, 0.25) is 0 Å². The van der Waals surface area contributed by atoms with E-state index < -0.39 is 36.3 Å². The van der Waals surface area contributed by atoms with Crippen LogP contribution in [0.3, 0.4) is 0 Å². The van der Waals surface area contributed by atoms with E-state index in [-0.39, 0.29) is 40.3 Å². The number of rotatable bonds is 3. The highest BCUT2D eigenvalue weighted by molar-refractivity contribution is 7.22. The number of fused-ring (bicyclic) bond motifs is 6. The molecule has 0 N–H and O–H groups in total. The lowest BCUT2D eigenvalue weighted by Crippen LogP contribution is -1.87. The molecule has 0 amide bonds. The largest absolute Gasteiger partial charge is 0.236 e. The lowest BCUT2D eigenvalue weighted by molar-refractivity contribution is 1.48. The summed E-state index contributed by atoms with van der Waals surface area (Å²) in [6.07, 6.45) is 0. The van der Waals surface area contributed by atoms with E-state index >= 15 is 0 Å². The molecule has 1 heterocycles. The van der Waals surface area contributed by atoms with Gasteiger partial charge in [-0.1, -0.05) is 115 Å². The van der Waals surface area contributed by atoms with Gasteiger partial charge < -0.3 is 0 Å². The quantitative estimate of drug-likeness (QED) is 0.210. The maximum atomic E-state index is 8.66. The summed E-state index contributed by atoms with van der Waals surface area (Å²) in [6.45, 7) is 0. The Morgan fingerprint density at radius 3 is 2.08 bits per heavy atom. The highest BCUT2D eigenvalue weighted by Gasteiger charge is 2.16. The van der Waals surface area contributed by atoms with Crippen molar-refractivity contribution in [3.8, 4) is 32.8 Å². The number of hydrogen-bond acceptors (Lipinski definition) is 2. The zero-order valence-electron chi connectivity index (χ0n) is 30.4. The zero-order chi connectivity index (χ0) is 34.5. The molecular weight excluding hydrogens is 490 g/mol. The fraction of sp³-hybridized carbons (Fsp3) is 0. The molecule has 1 nitrogen and oxygen atoms in total. The summed E-state index contributed by atoms with van der Waals surface area (Å²) >= 11 is 1.23. The van der Waals surface area contributed by atoms with Crippen molar-refractivity contribution in [2.45, 2.75) is 0 Å². The molecule has 0 aliphatic heterocycles. The SMILES string of the molecule is [2H]c1c([2H])c([2H])c(-c2ccc3c(-c4ccc5ccccc5c4)cc4ccc5nc(-c6c([2H])c([2H])c([2H])c([2H])c6[2H])sc5c4c3c2)c([2H])c1[2H]. The molecule has 7 aromatic carbocycles. The van der Waals surface area contributed by atoms with Crippen molar-refractivity contribution in [2.24, 2.45) is 0 Å². The van der Waals surface area contributed by atoms with Gasteiger partial charge in [0.1, 0.15) is 5.01 Å². The van der Waals surface area contributed by atoms with Crippen LogP contribution in [0, 0.1) is 0 Å². The summed E-state index contributed by atoms with van der Waals surface area (Å²) in [5, 5.41) is 5.74. The Labute approximate surface area is 244 Å². The lowest BCUT2D eigenvalue weighted by Gasteiger charge is -2.14. The van der Waals surface area contributed by atoms with Crippen molar-refractivity contribution in [3.05, 3.63) is 139 Å². The molecule has 8 rings (SSSR count). The van der Waals surface area contributed by atoms with Crippen LogP contribution in [0.5, 0.6) is 0 Å². The van der Waals surface area contributed by atoms with Crippen LogP contribution in [0.4, 0.5) is 0 Å².